The Balaban J connectivity index is 1.77. The number of rotatable bonds is 2. The highest BCUT2D eigenvalue weighted by molar-refractivity contribution is 7.13. The van der Waals surface area contributed by atoms with Crippen LogP contribution >= 0.6 is 11.3 Å². The van der Waals surface area contributed by atoms with Crippen molar-refractivity contribution in [2.24, 2.45) is 11.8 Å². The van der Waals surface area contributed by atoms with Crippen LogP contribution in [0.25, 0.3) is 0 Å². The minimum atomic E-state index is -0.976. The molecule has 19 heavy (non-hydrogen) atoms. The Hall–Kier alpha value is -1.73. The second kappa shape index (κ2) is 3.43. The number of anilines is 1. The quantitative estimate of drug-likeness (QED) is 0.797. The Bertz CT molecular complexity index is 599. The molecule has 2 bridgehead atoms. The van der Waals surface area contributed by atoms with Gasteiger partial charge in [0.2, 0.25) is 5.91 Å². The van der Waals surface area contributed by atoms with Gasteiger partial charge in [-0.15, -0.1) is 11.3 Å². The van der Waals surface area contributed by atoms with Crippen molar-refractivity contribution in [1.82, 2.24) is 4.98 Å². The number of thiazole rings is 1. The number of fused-ring (bicyclic) bond motifs is 1. The van der Waals surface area contributed by atoms with Gasteiger partial charge in [0.25, 0.3) is 0 Å². The van der Waals surface area contributed by atoms with Crippen molar-refractivity contribution in [1.29, 1.82) is 0 Å². The third kappa shape index (κ3) is 1.26. The lowest BCUT2D eigenvalue weighted by Gasteiger charge is -2.21. The molecule has 0 aromatic carbocycles. The summed E-state index contributed by atoms with van der Waals surface area (Å²) < 4.78 is 5.78. The molecule has 4 heterocycles. The zero-order valence-corrected chi connectivity index (χ0v) is 10.5. The van der Waals surface area contributed by atoms with Crippen molar-refractivity contribution in [3.05, 3.63) is 23.7 Å². The van der Waals surface area contributed by atoms with Crippen molar-refractivity contribution in [2.75, 3.05) is 11.4 Å². The summed E-state index contributed by atoms with van der Waals surface area (Å²) in [5.74, 6) is -2.60. The first-order valence-corrected chi connectivity index (χ1v) is 6.81. The van der Waals surface area contributed by atoms with Gasteiger partial charge in [0.05, 0.1) is 18.6 Å². The number of carboxylic acids is 1. The van der Waals surface area contributed by atoms with Crippen LogP contribution in [0.3, 0.4) is 0 Å². The topological polar surface area (TPSA) is 79.7 Å². The maximum Gasteiger partial charge on any atom is 0.310 e. The van der Waals surface area contributed by atoms with E-state index in [1.165, 1.54) is 16.2 Å². The molecule has 3 aliphatic rings. The van der Waals surface area contributed by atoms with Gasteiger partial charge in [-0.2, -0.15) is 0 Å². The normalized spacial score (nSPS) is 39.1. The van der Waals surface area contributed by atoms with Crippen molar-refractivity contribution in [2.45, 2.75) is 11.7 Å². The second-order valence-corrected chi connectivity index (χ2v) is 5.85. The number of carbonyl (C=O) groups is 2. The second-order valence-electron chi connectivity index (χ2n) is 4.98. The molecule has 0 saturated carbocycles. The standard InChI is InChI=1S/C12H10N2O4S/c15-9-8-7(10(16)17)6-1-2-12(8,18-6)5-14(9)11-13-3-4-19-11/h1-4,6-8H,5H2,(H,16,17)/t6-,7-,8+,12-/m0/s1. The zero-order valence-electron chi connectivity index (χ0n) is 9.72. The van der Waals surface area contributed by atoms with Crippen LogP contribution in [-0.2, 0) is 14.3 Å². The summed E-state index contributed by atoms with van der Waals surface area (Å²) in [5.41, 5.74) is -0.781. The van der Waals surface area contributed by atoms with Crippen LogP contribution in [0.2, 0.25) is 0 Å². The molecule has 4 rings (SSSR count). The predicted molar refractivity (Wildman–Crippen MR) is 65.8 cm³/mol. The zero-order chi connectivity index (χ0) is 13.2. The third-order valence-corrected chi connectivity index (χ3v) is 4.83. The molecule has 1 amide bonds. The van der Waals surface area contributed by atoms with Crippen LogP contribution in [0.1, 0.15) is 0 Å². The third-order valence-electron chi connectivity index (χ3n) is 4.04. The summed E-state index contributed by atoms with van der Waals surface area (Å²) in [5, 5.41) is 11.7. The molecule has 3 aliphatic heterocycles. The van der Waals surface area contributed by atoms with E-state index in [1.807, 2.05) is 6.08 Å². The molecule has 1 spiro atoms. The highest BCUT2D eigenvalue weighted by Gasteiger charge is 2.67. The molecule has 1 aromatic heterocycles. The molecule has 2 saturated heterocycles. The summed E-state index contributed by atoms with van der Waals surface area (Å²) >= 11 is 1.36. The number of hydrogen-bond donors (Lipinski definition) is 1. The van der Waals surface area contributed by atoms with E-state index in [-0.39, 0.29) is 5.91 Å². The Morgan fingerprint density at radius 3 is 3.16 bits per heavy atom. The summed E-state index contributed by atoms with van der Waals surface area (Å²) in [6, 6.07) is 0. The fourth-order valence-electron chi connectivity index (χ4n) is 3.29. The molecule has 6 nitrogen and oxygen atoms in total. The number of aromatic nitrogens is 1. The van der Waals surface area contributed by atoms with Gasteiger partial charge in [-0.25, -0.2) is 4.98 Å². The maximum absolute atomic E-state index is 12.5. The number of carboxylic acid groups (broad SMARTS) is 1. The molecule has 0 radical (unpaired) electrons. The van der Waals surface area contributed by atoms with Gasteiger partial charge < -0.3 is 9.84 Å². The number of hydrogen-bond acceptors (Lipinski definition) is 5. The SMILES string of the molecule is O=C(O)[C@H]1[C@@H]2C=C[C@@]3(CN(c4nccs4)C(=O)[C@@H]13)O2. The minimum Gasteiger partial charge on any atom is -0.481 e. The van der Waals surface area contributed by atoms with Crippen LogP contribution in [0.5, 0.6) is 0 Å². The van der Waals surface area contributed by atoms with E-state index < -0.39 is 29.5 Å². The summed E-state index contributed by atoms with van der Waals surface area (Å²) in [7, 11) is 0. The number of aliphatic carboxylic acids is 1. The monoisotopic (exact) mass is 278 g/mol. The number of carbonyl (C=O) groups excluding carboxylic acids is 1. The molecule has 7 heteroatoms. The van der Waals surface area contributed by atoms with Gasteiger partial charge in [0, 0.05) is 11.6 Å². The highest BCUT2D eigenvalue weighted by Crippen LogP contribution is 2.52. The Morgan fingerprint density at radius 2 is 2.47 bits per heavy atom. The molecule has 2 fully saturated rings. The number of nitrogens with zero attached hydrogens (tertiary/aromatic N) is 2. The first-order chi connectivity index (χ1) is 9.12. The van der Waals surface area contributed by atoms with E-state index in [0.717, 1.165) is 0 Å². The van der Waals surface area contributed by atoms with Gasteiger partial charge in [-0.1, -0.05) is 12.2 Å². The van der Waals surface area contributed by atoms with Gasteiger partial charge in [0.15, 0.2) is 5.13 Å². The fourth-order valence-corrected chi connectivity index (χ4v) is 3.94. The van der Waals surface area contributed by atoms with E-state index in [4.69, 9.17) is 4.74 Å². The first kappa shape index (κ1) is 11.1. The van der Waals surface area contributed by atoms with E-state index >= 15 is 0 Å². The molecule has 0 aliphatic carbocycles. The Kier molecular flexibility index (Phi) is 2.01. The first-order valence-electron chi connectivity index (χ1n) is 5.93. The number of ether oxygens (including phenoxy) is 1. The van der Waals surface area contributed by atoms with Gasteiger partial charge in [-0.05, 0) is 0 Å². The summed E-state index contributed by atoms with van der Waals surface area (Å²) in [6.45, 7) is 0.348. The highest BCUT2D eigenvalue weighted by atomic mass is 32.1. The Morgan fingerprint density at radius 1 is 1.63 bits per heavy atom. The molecule has 0 unspecified atom stereocenters. The fraction of sp³-hybridized carbons (Fsp3) is 0.417. The summed E-state index contributed by atoms with van der Waals surface area (Å²) in [6.07, 6.45) is 4.74. The van der Waals surface area contributed by atoms with Crippen molar-refractivity contribution in [3.63, 3.8) is 0 Å². The van der Waals surface area contributed by atoms with Gasteiger partial charge in [0.1, 0.15) is 11.5 Å². The number of amides is 1. The van der Waals surface area contributed by atoms with E-state index in [2.05, 4.69) is 4.98 Å². The van der Waals surface area contributed by atoms with Crippen molar-refractivity contribution < 1.29 is 19.4 Å². The minimum absolute atomic E-state index is 0.200. The largest absolute Gasteiger partial charge is 0.481 e. The van der Waals surface area contributed by atoms with E-state index in [0.29, 0.717) is 11.7 Å². The molecule has 4 atom stereocenters. The molecule has 1 N–H and O–H groups in total. The smallest absolute Gasteiger partial charge is 0.310 e. The van der Waals surface area contributed by atoms with Gasteiger partial charge in [-0.3, -0.25) is 14.5 Å². The average Bonchev–Trinajstić information content (AvgIpc) is 3.09. The van der Waals surface area contributed by atoms with E-state index in [9.17, 15) is 14.7 Å². The van der Waals surface area contributed by atoms with Crippen LogP contribution < -0.4 is 4.90 Å². The maximum atomic E-state index is 12.5. The molecular weight excluding hydrogens is 268 g/mol. The van der Waals surface area contributed by atoms with Crippen LogP contribution in [-0.4, -0.2) is 40.2 Å². The van der Waals surface area contributed by atoms with Crippen LogP contribution in [0.4, 0.5) is 5.13 Å². The van der Waals surface area contributed by atoms with Crippen LogP contribution in [0.15, 0.2) is 23.7 Å². The lowest BCUT2D eigenvalue weighted by atomic mass is 9.77. The van der Waals surface area contributed by atoms with E-state index in [1.54, 1.807) is 17.7 Å². The molecular formula is C12H10N2O4S. The van der Waals surface area contributed by atoms with Gasteiger partial charge >= 0.3 is 5.97 Å². The van der Waals surface area contributed by atoms with Crippen molar-refractivity contribution >= 4 is 28.3 Å². The predicted octanol–water partition coefficient (Wildman–Crippen LogP) is 0.514. The lowest BCUT2D eigenvalue weighted by molar-refractivity contribution is -0.146. The van der Waals surface area contributed by atoms with Crippen molar-refractivity contribution in [3.8, 4) is 0 Å². The summed E-state index contributed by atoms with van der Waals surface area (Å²) in [4.78, 5) is 29.5. The molecule has 98 valence electrons. The van der Waals surface area contributed by atoms with Crippen LogP contribution in [0, 0.1) is 11.8 Å². The lowest BCUT2D eigenvalue weighted by Crippen LogP contribution is -2.39. The molecule has 1 aromatic rings. The Labute approximate surface area is 112 Å². The average molecular weight is 278 g/mol.